The lowest BCUT2D eigenvalue weighted by molar-refractivity contribution is 0.0985. The number of sulfonamides is 1. The Morgan fingerprint density at radius 1 is 0.976 bits per heavy atom. The van der Waals surface area contributed by atoms with Gasteiger partial charge in [0.15, 0.2) is 0 Å². The van der Waals surface area contributed by atoms with E-state index in [4.69, 9.17) is 44.1 Å². The third-order valence-electron chi connectivity index (χ3n) is 7.73. The van der Waals surface area contributed by atoms with Gasteiger partial charge in [-0.05, 0) is 60.9 Å². The highest BCUT2D eigenvalue weighted by atomic mass is 35.5. The van der Waals surface area contributed by atoms with E-state index in [-0.39, 0.29) is 23.0 Å². The van der Waals surface area contributed by atoms with Crippen molar-refractivity contribution in [3.05, 3.63) is 92.1 Å². The van der Waals surface area contributed by atoms with Gasteiger partial charge < -0.3 is 14.2 Å². The quantitative estimate of drug-likeness (QED) is 0.240. The Hall–Kier alpha value is -3.24. The molecule has 1 aliphatic carbocycles. The van der Waals surface area contributed by atoms with Crippen LogP contribution < -0.4 is 14.4 Å². The first kappa shape index (κ1) is 26.6. The van der Waals surface area contributed by atoms with Gasteiger partial charge in [0, 0.05) is 41.2 Å². The smallest absolute Gasteiger partial charge is 0.266 e. The minimum absolute atomic E-state index is 0.0134. The number of fused-ring (bicyclic) bond motifs is 1. The summed E-state index contributed by atoms with van der Waals surface area (Å²) in [6.07, 6.45) is 2.07. The van der Waals surface area contributed by atoms with E-state index in [2.05, 4.69) is 10.1 Å². The Morgan fingerprint density at radius 2 is 1.73 bits per heavy atom. The normalized spacial score (nSPS) is 17.7. The summed E-state index contributed by atoms with van der Waals surface area (Å²) in [5.41, 5.74) is 3.98. The fourth-order valence-electron chi connectivity index (χ4n) is 5.38. The molecular formula is C29H22Cl3N3O5S. The number of carbonyl (C=O) groups is 1. The maximum Gasteiger partial charge on any atom is 0.266 e. The maximum atomic E-state index is 12.1. The maximum absolute atomic E-state index is 12.1. The molecule has 2 fully saturated rings. The topological polar surface area (TPSA) is 102 Å². The van der Waals surface area contributed by atoms with Gasteiger partial charge in [0.2, 0.25) is 0 Å². The number of nitrogens with one attached hydrogen (secondary N) is 1. The molecule has 3 aliphatic rings. The van der Waals surface area contributed by atoms with E-state index in [1.54, 1.807) is 36.4 Å². The van der Waals surface area contributed by atoms with Crippen molar-refractivity contribution in [1.82, 2.24) is 9.88 Å². The number of rotatable bonds is 7. The molecule has 1 N–H and O–H groups in total. The van der Waals surface area contributed by atoms with Crippen LogP contribution in [-0.4, -0.2) is 32.6 Å². The van der Waals surface area contributed by atoms with Crippen LogP contribution in [0.5, 0.6) is 5.75 Å². The van der Waals surface area contributed by atoms with E-state index < -0.39 is 15.9 Å². The zero-order chi connectivity index (χ0) is 28.5. The molecule has 0 atom stereocenters. The van der Waals surface area contributed by atoms with E-state index in [0.29, 0.717) is 51.1 Å². The average Bonchev–Trinajstić information content (AvgIpc) is 3.62. The summed E-state index contributed by atoms with van der Waals surface area (Å²) < 4.78 is 37.9. The Balaban J connectivity index is 1.06. The van der Waals surface area contributed by atoms with Crippen LogP contribution in [0.3, 0.4) is 0 Å². The van der Waals surface area contributed by atoms with Crippen molar-refractivity contribution < 1.29 is 22.5 Å². The number of hydrogen-bond donors (Lipinski definition) is 1. The van der Waals surface area contributed by atoms with Crippen molar-refractivity contribution in [3.63, 3.8) is 0 Å². The molecule has 7 rings (SSSR count). The van der Waals surface area contributed by atoms with Gasteiger partial charge in [-0.3, -0.25) is 4.79 Å². The second kappa shape index (κ2) is 9.94. The van der Waals surface area contributed by atoms with Gasteiger partial charge in [0.05, 0.1) is 21.2 Å². The second-order valence-electron chi connectivity index (χ2n) is 10.4. The molecule has 0 bridgehead atoms. The summed E-state index contributed by atoms with van der Waals surface area (Å²) >= 11 is 19.6. The highest BCUT2D eigenvalue weighted by molar-refractivity contribution is 7.90. The third-order valence-corrected chi connectivity index (χ3v) is 10.1. The van der Waals surface area contributed by atoms with Gasteiger partial charge in [0.1, 0.15) is 28.7 Å². The van der Waals surface area contributed by atoms with Gasteiger partial charge in [-0.15, -0.1) is 0 Å². The number of aromatic nitrogens is 1. The number of halogens is 3. The molecule has 8 nitrogen and oxygen atoms in total. The first-order valence-corrected chi connectivity index (χ1v) is 15.6. The van der Waals surface area contributed by atoms with E-state index in [0.717, 1.165) is 35.4 Å². The molecule has 12 heteroatoms. The van der Waals surface area contributed by atoms with Gasteiger partial charge in [-0.2, -0.15) is 0 Å². The zero-order valence-electron chi connectivity index (χ0n) is 21.4. The van der Waals surface area contributed by atoms with Gasteiger partial charge in [-0.1, -0.05) is 52.1 Å². The van der Waals surface area contributed by atoms with Crippen molar-refractivity contribution >= 4 is 56.4 Å². The Labute approximate surface area is 251 Å². The van der Waals surface area contributed by atoms with Crippen molar-refractivity contribution in [1.29, 1.82) is 0 Å². The van der Waals surface area contributed by atoms with Crippen LogP contribution in [-0.2, 0) is 16.6 Å². The Kier molecular flexibility index (Phi) is 6.46. The van der Waals surface area contributed by atoms with Crippen LogP contribution in [0.25, 0.3) is 11.3 Å². The van der Waals surface area contributed by atoms with E-state index in [1.807, 2.05) is 16.9 Å². The monoisotopic (exact) mass is 629 g/mol. The molecule has 1 aromatic heterocycles. The van der Waals surface area contributed by atoms with Crippen LogP contribution in [0.15, 0.2) is 64.0 Å². The van der Waals surface area contributed by atoms with E-state index in [1.165, 1.54) is 6.07 Å². The fraction of sp³-hybridized carbons (Fsp3) is 0.241. The van der Waals surface area contributed by atoms with Gasteiger partial charge in [0.25, 0.3) is 15.9 Å². The summed E-state index contributed by atoms with van der Waals surface area (Å²) in [4.78, 5) is 14.2. The number of hydrogen-bond acceptors (Lipinski definition) is 7. The van der Waals surface area contributed by atoms with Crippen LogP contribution in [0.4, 0.5) is 5.69 Å². The highest BCUT2D eigenvalue weighted by Crippen LogP contribution is 2.46. The molecule has 0 unspecified atom stereocenters. The van der Waals surface area contributed by atoms with Gasteiger partial charge >= 0.3 is 0 Å². The Bertz CT molecular complexity index is 1810. The number of carbonyl (C=O) groups excluding carboxylic acids is 1. The highest BCUT2D eigenvalue weighted by Gasteiger charge is 2.36. The summed E-state index contributed by atoms with van der Waals surface area (Å²) in [5, 5.41) is 5.88. The molecule has 210 valence electrons. The number of ether oxygens (including phenoxy) is 1. The Morgan fingerprint density at radius 3 is 2.44 bits per heavy atom. The summed E-state index contributed by atoms with van der Waals surface area (Å²) in [5.74, 6) is 1.30. The molecule has 2 aliphatic heterocycles. The SMILES string of the molecule is O=C1NS(=O)(=O)c2ccc(N3CC(c4ccc(OCc5c(-c6c(Cl)cccc6Cl)noc5C5CC5)cc4Cl)C3)cc21. The average molecular weight is 631 g/mol. The van der Waals surface area contributed by atoms with Crippen LogP contribution >= 0.6 is 34.8 Å². The van der Waals surface area contributed by atoms with Crippen molar-refractivity contribution in [3.8, 4) is 17.0 Å². The predicted octanol–water partition coefficient (Wildman–Crippen LogP) is 6.79. The van der Waals surface area contributed by atoms with Crippen LogP contribution in [0.2, 0.25) is 15.1 Å². The molecule has 1 amide bonds. The minimum atomic E-state index is -3.76. The number of benzene rings is 3. The van der Waals surface area contributed by atoms with Crippen molar-refractivity contribution in [2.45, 2.75) is 36.2 Å². The van der Waals surface area contributed by atoms with E-state index in [9.17, 15) is 13.2 Å². The molecule has 3 aromatic carbocycles. The first-order valence-electron chi connectivity index (χ1n) is 13.0. The number of nitrogens with zero attached hydrogens (tertiary/aromatic N) is 2. The standard InChI is InChI=1S/C29H22Cl3N3O5S/c30-22-2-1-3-23(31)26(22)27-21(28(40-33-27)15-4-5-15)14-39-18-7-8-19(24(32)11-18)16-12-35(13-16)17-6-9-25-20(10-17)29(36)34-41(25,37)38/h1-3,6-11,15-16H,4-5,12-14H2,(H,34,36). The molecule has 1 saturated carbocycles. The largest absolute Gasteiger partial charge is 0.489 e. The molecule has 0 radical (unpaired) electrons. The number of anilines is 1. The molecular weight excluding hydrogens is 609 g/mol. The lowest BCUT2D eigenvalue weighted by atomic mass is 9.90. The predicted molar refractivity (Wildman–Crippen MR) is 156 cm³/mol. The number of amides is 1. The molecule has 1 saturated heterocycles. The van der Waals surface area contributed by atoms with Gasteiger partial charge in [-0.25, -0.2) is 13.1 Å². The van der Waals surface area contributed by atoms with Crippen molar-refractivity contribution in [2.75, 3.05) is 18.0 Å². The fourth-order valence-corrected chi connectivity index (χ4v) is 7.43. The molecule has 4 aromatic rings. The van der Waals surface area contributed by atoms with E-state index >= 15 is 0 Å². The zero-order valence-corrected chi connectivity index (χ0v) is 24.4. The minimum Gasteiger partial charge on any atom is -0.489 e. The lowest BCUT2D eigenvalue weighted by Crippen LogP contribution is -2.45. The summed E-state index contributed by atoms with van der Waals surface area (Å²) in [7, 11) is -3.76. The molecule has 0 spiro atoms. The first-order chi connectivity index (χ1) is 19.7. The van der Waals surface area contributed by atoms with Crippen LogP contribution in [0, 0.1) is 0 Å². The van der Waals surface area contributed by atoms with Crippen LogP contribution in [0.1, 0.15) is 51.9 Å². The molecule has 41 heavy (non-hydrogen) atoms. The summed E-state index contributed by atoms with van der Waals surface area (Å²) in [6.45, 7) is 1.58. The third kappa shape index (κ3) is 4.74. The second-order valence-corrected chi connectivity index (χ2v) is 13.3. The van der Waals surface area contributed by atoms with Crippen molar-refractivity contribution in [2.24, 2.45) is 0 Å². The molecule has 3 heterocycles. The lowest BCUT2D eigenvalue weighted by Gasteiger charge is -2.41. The summed E-state index contributed by atoms with van der Waals surface area (Å²) in [6, 6.07) is 15.8.